The molecule has 0 atom stereocenters. The first-order chi connectivity index (χ1) is 37.5. The Morgan fingerprint density at radius 3 is 1.34 bits per heavy atom. The minimum Gasteiger partial charge on any atom is -0.491 e. The van der Waals surface area contributed by atoms with Gasteiger partial charge in [0.05, 0.1) is 130 Å². The summed E-state index contributed by atoms with van der Waals surface area (Å²) in [7, 11) is 8.13. The van der Waals surface area contributed by atoms with Crippen LogP contribution in [0.2, 0.25) is 0 Å². The van der Waals surface area contributed by atoms with Crippen molar-refractivity contribution in [1.82, 2.24) is 19.9 Å². The molecular weight excluding hydrogens is 1030 g/mol. The van der Waals surface area contributed by atoms with Gasteiger partial charge in [0.2, 0.25) is 5.95 Å². The molecule has 0 radical (unpaired) electrons. The number of nitrogens with one attached hydrogen (secondary N) is 1. The Hall–Kier alpha value is -4.84. The molecule has 5 rings (SSSR count). The van der Waals surface area contributed by atoms with E-state index in [1.54, 1.807) is 53.7 Å². The number of rotatable bonds is 47. The van der Waals surface area contributed by atoms with Crippen LogP contribution in [0.15, 0.2) is 79.1 Å². The highest BCUT2D eigenvalue weighted by molar-refractivity contribution is 7.99. The molecule has 5 aromatic rings. The van der Waals surface area contributed by atoms with Crippen LogP contribution in [0.3, 0.4) is 0 Å². The molecule has 3 aromatic carbocycles. The topological polar surface area (TPSA) is 234 Å². The summed E-state index contributed by atoms with van der Waals surface area (Å²) in [5.74, 6) is 2.90. The molecule has 0 spiro atoms. The molecule has 0 saturated heterocycles. The fraction of sp³-hybridized carbons (Fsp3) is 0.569. The van der Waals surface area contributed by atoms with E-state index < -0.39 is 0 Å². The summed E-state index contributed by atoms with van der Waals surface area (Å²) in [6.45, 7) is 9.80. The summed E-state index contributed by atoms with van der Waals surface area (Å²) in [6.07, 6.45) is 0. The van der Waals surface area contributed by atoms with Crippen LogP contribution in [0.25, 0.3) is 11.1 Å². The van der Waals surface area contributed by atoms with Gasteiger partial charge in [-0.25, -0.2) is 0 Å². The molecule has 25 heteroatoms. The van der Waals surface area contributed by atoms with Gasteiger partial charge in [-0.3, -0.25) is 5.32 Å². The van der Waals surface area contributed by atoms with Crippen molar-refractivity contribution in [2.45, 2.75) is 20.1 Å². The van der Waals surface area contributed by atoms with Gasteiger partial charge in [-0.1, -0.05) is 0 Å². The van der Waals surface area contributed by atoms with Crippen LogP contribution in [-0.4, -0.2) is 214 Å². The molecule has 0 saturated carbocycles. The van der Waals surface area contributed by atoms with E-state index in [0.717, 1.165) is 4.90 Å². The molecule has 2 aromatic heterocycles. The minimum atomic E-state index is 0.155. The maximum atomic E-state index is 6.28. The zero-order chi connectivity index (χ0) is 53.5. The summed E-state index contributed by atoms with van der Waals surface area (Å²) >= 11 is 2.56. The van der Waals surface area contributed by atoms with Crippen LogP contribution in [0.1, 0.15) is 0 Å². The molecule has 76 heavy (non-hydrogen) atoms. The van der Waals surface area contributed by atoms with E-state index in [0.29, 0.717) is 194 Å². The Balaban J connectivity index is 1.38. The maximum Gasteiger partial charge on any atom is 0.302 e. The van der Waals surface area contributed by atoms with E-state index >= 15 is 0 Å². The Kier molecular flexibility index (Phi) is 32.2. The highest BCUT2D eigenvalue weighted by atomic mass is 32.2. The minimum absolute atomic E-state index is 0.155. The average Bonchev–Trinajstić information content (AvgIpc) is 3.83. The Morgan fingerprint density at radius 2 is 0.816 bits per heavy atom. The molecular formula is C51H73N5O18S2. The maximum absolute atomic E-state index is 6.28. The molecule has 2 heterocycles. The first kappa shape index (κ1) is 62.0. The number of hydrogen-bond acceptors (Lipinski definition) is 25. The summed E-state index contributed by atoms with van der Waals surface area (Å²) in [5, 5.41) is 3.84. The quantitative estimate of drug-likeness (QED) is 0.0421. The van der Waals surface area contributed by atoms with Crippen LogP contribution in [0.4, 0.5) is 12.0 Å². The van der Waals surface area contributed by atoms with Gasteiger partial charge in [0.15, 0.2) is 27.4 Å². The van der Waals surface area contributed by atoms with Crippen molar-refractivity contribution >= 4 is 46.6 Å². The van der Waals surface area contributed by atoms with Crippen LogP contribution in [0, 0.1) is 0 Å². The largest absolute Gasteiger partial charge is 0.491 e. The molecule has 0 aliphatic carbocycles. The predicted octanol–water partition coefficient (Wildman–Crippen LogP) is 6.30. The zero-order valence-corrected chi connectivity index (χ0v) is 45.8. The van der Waals surface area contributed by atoms with Gasteiger partial charge in [0.1, 0.15) is 55.8 Å². The van der Waals surface area contributed by atoms with Crippen molar-refractivity contribution in [3.8, 4) is 28.7 Å². The Bertz CT molecular complexity index is 2310. The van der Waals surface area contributed by atoms with Crippen molar-refractivity contribution in [2.75, 3.05) is 199 Å². The standard InChI is InChI=1S/C51H73N5O18S2/c1-57-12-17-62-22-24-67-28-33-71-44-10-8-41(38-45(44)72-34-29-68-25-23-63-18-13-58-2)75-50-54-48(53-49-52-42-36-39(6-9-43(42)74-49)69-31-26-64-19-14-59-3)55-51(56-50)76-47-11-7-40(70-32-27-65-20-15-60-4)37-46(47)73-35-30-66-21-16-61-5/h6-11,36-38H,12-35H2,1-5H3,(H,52,53,54,55,56). The second kappa shape index (κ2) is 39.5. The van der Waals surface area contributed by atoms with E-state index in [2.05, 4.69) is 10.3 Å². The molecule has 0 bridgehead atoms. The van der Waals surface area contributed by atoms with E-state index in [1.165, 1.54) is 23.5 Å². The second-order valence-corrected chi connectivity index (χ2v) is 17.5. The number of benzene rings is 3. The normalized spacial score (nSPS) is 11.4. The van der Waals surface area contributed by atoms with Crippen LogP contribution >= 0.6 is 23.5 Å². The SMILES string of the molecule is COCCOCCOCCOc1ccc(Sc2nc(Nc3nc4cc(OCCOCCOC)ccc4o3)nc(Sc3ccc(OCCOCCOC)cc3OCCOCCOC)n2)cc1OCCOCCOCCOC. The monoisotopic (exact) mass is 1110 g/mol. The number of ether oxygens (including phenoxy) is 17. The molecule has 23 nitrogen and oxygen atoms in total. The number of anilines is 2. The van der Waals surface area contributed by atoms with Gasteiger partial charge >= 0.3 is 6.01 Å². The third-order valence-electron chi connectivity index (χ3n) is 9.76. The van der Waals surface area contributed by atoms with E-state index in [1.807, 2.05) is 36.4 Å². The Morgan fingerprint density at radius 1 is 0.382 bits per heavy atom. The highest BCUT2D eigenvalue weighted by Gasteiger charge is 2.18. The zero-order valence-electron chi connectivity index (χ0n) is 44.1. The van der Waals surface area contributed by atoms with E-state index in [4.69, 9.17) is 99.9 Å². The number of aromatic nitrogens is 4. The lowest BCUT2D eigenvalue weighted by molar-refractivity contribution is 0.0159. The lowest BCUT2D eigenvalue weighted by atomic mass is 10.3. The van der Waals surface area contributed by atoms with Crippen molar-refractivity contribution in [1.29, 1.82) is 0 Å². The first-order valence-corrected chi connectivity index (χ1v) is 26.4. The van der Waals surface area contributed by atoms with Crippen molar-refractivity contribution in [3.63, 3.8) is 0 Å². The average molecular weight is 1110 g/mol. The second-order valence-electron chi connectivity index (χ2n) is 15.4. The number of oxazole rings is 1. The summed E-state index contributed by atoms with van der Waals surface area (Å²) < 4.78 is 101. The van der Waals surface area contributed by atoms with Gasteiger partial charge in [0, 0.05) is 52.6 Å². The number of methoxy groups -OCH3 is 5. The molecule has 0 unspecified atom stereocenters. The van der Waals surface area contributed by atoms with E-state index in [-0.39, 0.29) is 31.8 Å². The van der Waals surface area contributed by atoms with Gasteiger partial charge < -0.3 is 84.9 Å². The third-order valence-corrected chi connectivity index (χ3v) is 11.5. The van der Waals surface area contributed by atoms with Crippen molar-refractivity contribution < 1.29 is 84.9 Å². The summed E-state index contributed by atoms with van der Waals surface area (Å²) in [5.41, 5.74) is 1.08. The Labute approximate surface area is 452 Å². The third kappa shape index (κ3) is 25.5. The molecule has 0 aliphatic rings. The predicted molar refractivity (Wildman–Crippen MR) is 281 cm³/mol. The molecule has 1 N–H and O–H groups in total. The van der Waals surface area contributed by atoms with Gasteiger partial charge in [-0.15, -0.1) is 0 Å². The van der Waals surface area contributed by atoms with E-state index in [9.17, 15) is 0 Å². The number of nitrogens with zero attached hydrogens (tertiary/aromatic N) is 4. The number of hydrogen-bond donors (Lipinski definition) is 1. The lowest BCUT2D eigenvalue weighted by Crippen LogP contribution is -2.14. The van der Waals surface area contributed by atoms with Crippen LogP contribution < -0.4 is 29.0 Å². The summed E-state index contributed by atoms with van der Waals surface area (Å²) in [4.78, 5) is 20.7. The van der Waals surface area contributed by atoms with Crippen LogP contribution in [-0.2, 0) is 56.8 Å². The molecule has 0 amide bonds. The summed E-state index contributed by atoms with van der Waals surface area (Å²) in [6, 6.07) is 16.6. The molecule has 422 valence electrons. The van der Waals surface area contributed by atoms with Crippen LogP contribution in [0.5, 0.6) is 28.7 Å². The molecule has 0 fully saturated rings. The fourth-order valence-corrected chi connectivity index (χ4v) is 7.77. The molecule has 0 aliphatic heterocycles. The number of fused-ring (bicyclic) bond motifs is 1. The highest BCUT2D eigenvalue weighted by Crippen LogP contribution is 2.39. The lowest BCUT2D eigenvalue weighted by Gasteiger charge is -2.15. The van der Waals surface area contributed by atoms with Gasteiger partial charge in [-0.05, 0) is 66.0 Å². The van der Waals surface area contributed by atoms with Gasteiger partial charge in [-0.2, -0.15) is 19.9 Å². The van der Waals surface area contributed by atoms with Crippen molar-refractivity contribution in [3.05, 3.63) is 54.6 Å². The smallest absolute Gasteiger partial charge is 0.302 e. The fourth-order valence-electron chi connectivity index (χ4n) is 6.12. The first-order valence-electron chi connectivity index (χ1n) is 24.7. The van der Waals surface area contributed by atoms with Crippen molar-refractivity contribution in [2.24, 2.45) is 0 Å². The van der Waals surface area contributed by atoms with Gasteiger partial charge in [0.25, 0.3) is 0 Å².